The first-order chi connectivity index (χ1) is 11.7. The van der Waals surface area contributed by atoms with Gasteiger partial charge in [0, 0.05) is 14.7 Å². The van der Waals surface area contributed by atoms with E-state index in [1.807, 2.05) is 54.6 Å². The Morgan fingerprint density at radius 3 is 2.75 bits per heavy atom. The van der Waals surface area contributed by atoms with Gasteiger partial charge in [0.1, 0.15) is 5.75 Å². The molecule has 0 aromatic heterocycles. The molecule has 0 spiro atoms. The summed E-state index contributed by atoms with van der Waals surface area (Å²) in [6.45, 7) is 0. The molecular formula is C19H15IN2O2. The minimum Gasteiger partial charge on any atom is -0.496 e. The molecule has 0 heterocycles. The van der Waals surface area contributed by atoms with Crippen molar-refractivity contribution in [3.63, 3.8) is 0 Å². The van der Waals surface area contributed by atoms with Crippen LogP contribution in [0.2, 0.25) is 0 Å². The number of hydrazone groups is 1. The Morgan fingerprint density at radius 1 is 1.12 bits per heavy atom. The third-order valence-corrected chi connectivity index (χ3v) is 4.27. The molecule has 120 valence electrons. The van der Waals surface area contributed by atoms with Gasteiger partial charge < -0.3 is 4.74 Å². The number of amides is 1. The van der Waals surface area contributed by atoms with Crippen LogP contribution in [0.25, 0.3) is 10.8 Å². The molecule has 3 aromatic rings. The van der Waals surface area contributed by atoms with Gasteiger partial charge in [0.25, 0.3) is 5.91 Å². The molecule has 1 amide bonds. The summed E-state index contributed by atoms with van der Waals surface area (Å²) >= 11 is 2.17. The molecule has 0 saturated carbocycles. The zero-order valence-corrected chi connectivity index (χ0v) is 15.2. The van der Waals surface area contributed by atoms with E-state index >= 15 is 0 Å². The lowest BCUT2D eigenvalue weighted by molar-refractivity contribution is 0.0955. The molecule has 1 N–H and O–H groups in total. The first-order valence-electron chi connectivity index (χ1n) is 7.34. The number of carbonyl (C=O) groups is 1. The van der Waals surface area contributed by atoms with Gasteiger partial charge in [-0.15, -0.1) is 0 Å². The summed E-state index contributed by atoms with van der Waals surface area (Å²) in [7, 11) is 1.62. The number of benzene rings is 3. The molecule has 3 rings (SSSR count). The number of rotatable bonds is 4. The normalized spacial score (nSPS) is 10.9. The van der Waals surface area contributed by atoms with Gasteiger partial charge in [0.2, 0.25) is 0 Å². The second kappa shape index (κ2) is 7.44. The van der Waals surface area contributed by atoms with Gasteiger partial charge in [0.05, 0.1) is 13.3 Å². The summed E-state index contributed by atoms with van der Waals surface area (Å²) in [5.41, 5.74) is 3.97. The van der Waals surface area contributed by atoms with Gasteiger partial charge in [-0.2, -0.15) is 5.10 Å². The average molecular weight is 430 g/mol. The lowest BCUT2D eigenvalue weighted by Crippen LogP contribution is -2.17. The molecule has 0 fully saturated rings. The fraction of sp³-hybridized carbons (Fsp3) is 0.0526. The van der Waals surface area contributed by atoms with E-state index in [9.17, 15) is 4.79 Å². The maximum absolute atomic E-state index is 12.1. The van der Waals surface area contributed by atoms with Crippen molar-refractivity contribution in [1.29, 1.82) is 0 Å². The highest BCUT2D eigenvalue weighted by molar-refractivity contribution is 14.1. The van der Waals surface area contributed by atoms with Crippen molar-refractivity contribution in [2.24, 2.45) is 5.10 Å². The van der Waals surface area contributed by atoms with Crippen LogP contribution in [0, 0.1) is 3.57 Å². The molecule has 0 radical (unpaired) electrons. The van der Waals surface area contributed by atoms with Gasteiger partial charge in [-0.25, -0.2) is 5.43 Å². The number of carbonyl (C=O) groups excluding carboxylic acids is 1. The van der Waals surface area contributed by atoms with E-state index in [0.29, 0.717) is 11.3 Å². The van der Waals surface area contributed by atoms with Crippen LogP contribution >= 0.6 is 22.6 Å². The summed E-state index contributed by atoms with van der Waals surface area (Å²) in [5.74, 6) is 0.463. The first-order valence-corrected chi connectivity index (χ1v) is 8.41. The van der Waals surface area contributed by atoms with Crippen molar-refractivity contribution < 1.29 is 9.53 Å². The monoisotopic (exact) mass is 430 g/mol. The predicted molar refractivity (Wildman–Crippen MR) is 105 cm³/mol. The predicted octanol–water partition coefficient (Wildman–Crippen LogP) is 4.22. The Labute approximate surface area is 153 Å². The van der Waals surface area contributed by atoms with Gasteiger partial charge in [-0.1, -0.05) is 36.4 Å². The van der Waals surface area contributed by atoms with Crippen LogP contribution in [0.4, 0.5) is 0 Å². The second-order valence-electron chi connectivity index (χ2n) is 5.11. The lowest BCUT2D eigenvalue weighted by atomic mass is 10.0. The number of halogens is 1. The van der Waals surface area contributed by atoms with E-state index < -0.39 is 0 Å². The molecule has 3 aromatic carbocycles. The maximum atomic E-state index is 12.1. The van der Waals surface area contributed by atoms with Crippen molar-refractivity contribution >= 4 is 45.5 Å². The number of fused-ring (bicyclic) bond motifs is 1. The van der Waals surface area contributed by atoms with Crippen LogP contribution in [0.5, 0.6) is 5.75 Å². The Morgan fingerprint density at radius 2 is 1.96 bits per heavy atom. The van der Waals surface area contributed by atoms with Crippen LogP contribution in [0.15, 0.2) is 65.8 Å². The van der Waals surface area contributed by atoms with E-state index in [4.69, 9.17) is 4.74 Å². The van der Waals surface area contributed by atoms with Crippen molar-refractivity contribution in [3.05, 3.63) is 75.4 Å². The second-order valence-corrected chi connectivity index (χ2v) is 6.36. The smallest absolute Gasteiger partial charge is 0.271 e. The number of methoxy groups -OCH3 is 1. The molecule has 0 atom stereocenters. The van der Waals surface area contributed by atoms with Gasteiger partial charge in [0.15, 0.2) is 0 Å². The summed E-state index contributed by atoms with van der Waals surface area (Å²) in [6, 6.07) is 19.2. The van der Waals surface area contributed by atoms with Crippen LogP contribution in [-0.4, -0.2) is 19.2 Å². The highest BCUT2D eigenvalue weighted by Gasteiger charge is 2.07. The topological polar surface area (TPSA) is 50.7 Å². The fourth-order valence-corrected chi connectivity index (χ4v) is 2.98. The molecule has 24 heavy (non-hydrogen) atoms. The lowest BCUT2D eigenvalue weighted by Gasteiger charge is -2.08. The van der Waals surface area contributed by atoms with Crippen LogP contribution in [-0.2, 0) is 0 Å². The summed E-state index contributed by atoms with van der Waals surface area (Å²) < 4.78 is 6.41. The van der Waals surface area contributed by atoms with Crippen LogP contribution < -0.4 is 10.2 Å². The maximum Gasteiger partial charge on any atom is 0.271 e. The number of nitrogens with zero attached hydrogens (tertiary/aromatic N) is 1. The average Bonchev–Trinajstić information content (AvgIpc) is 2.61. The minimum absolute atomic E-state index is 0.246. The Hall–Kier alpha value is -2.41. The van der Waals surface area contributed by atoms with Gasteiger partial charge in [-0.3, -0.25) is 4.79 Å². The van der Waals surface area contributed by atoms with E-state index in [1.165, 1.54) is 0 Å². The molecular weight excluding hydrogens is 415 g/mol. The summed E-state index contributed by atoms with van der Waals surface area (Å²) in [4.78, 5) is 12.1. The Kier molecular flexibility index (Phi) is 5.10. The molecule has 0 saturated heterocycles. The molecule has 0 aliphatic carbocycles. The number of hydrogen-bond donors (Lipinski definition) is 1. The minimum atomic E-state index is -0.246. The number of ether oxygens (including phenoxy) is 1. The Bertz CT molecular complexity index is 922. The first kappa shape index (κ1) is 16.4. The van der Waals surface area contributed by atoms with E-state index in [1.54, 1.807) is 19.4 Å². The SMILES string of the molecule is COc1ccc2ccccc2c1/C=N/NC(=O)c1cccc(I)c1. The fourth-order valence-electron chi connectivity index (χ4n) is 2.44. The standard InChI is InChI=1S/C19H15IN2O2/c1-24-18-10-9-13-5-2-3-8-16(13)17(18)12-21-22-19(23)14-6-4-7-15(20)11-14/h2-12H,1H3,(H,22,23)/b21-12+. The molecule has 0 bridgehead atoms. The summed E-state index contributed by atoms with van der Waals surface area (Å²) in [5, 5.41) is 6.20. The molecule has 5 heteroatoms. The molecule has 4 nitrogen and oxygen atoms in total. The number of hydrogen-bond acceptors (Lipinski definition) is 3. The van der Waals surface area contributed by atoms with Crippen molar-refractivity contribution in [2.45, 2.75) is 0 Å². The van der Waals surface area contributed by atoms with Crippen molar-refractivity contribution in [1.82, 2.24) is 5.43 Å². The van der Waals surface area contributed by atoms with Crippen molar-refractivity contribution in [3.8, 4) is 5.75 Å². The Balaban J connectivity index is 1.86. The van der Waals surface area contributed by atoms with Crippen LogP contribution in [0.3, 0.4) is 0 Å². The quantitative estimate of drug-likeness (QED) is 0.383. The third-order valence-electron chi connectivity index (χ3n) is 3.60. The van der Waals surface area contributed by atoms with Gasteiger partial charge in [-0.05, 0) is 57.6 Å². The summed E-state index contributed by atoms with van der Waals surface area (Å²) in [6.07, 6.45) is 1.62. The highest BCUT2D eigenvalue weighted by atomic mass is 127. The number of nitrogens with one attached hydrogen (secondary N) is 1. The molecule has 0 aliphatic rings. The zero-order chi connectivity index (χ0) is 16.9. The molecule has 0 aliphatic heterocycles. The zero-order valence-electron chi connectivity index (χ0n) is 13.0. The largest absolute Gasteiger partial charge is 0.496 e. The van der Waals surface area contributed by atoms with E-state index in [0.717, 1.165) is 19.9 Å². The van der Waals surface area contributed by atoms with E-state index in [2.05, 4.69) is 33.1 Å². The van der Waals surface area contributed by atoms with Crippen LogP contribution in [0.1, 0.15) is 15.9 Å². The molecule has 0 unspecified atom stereocenters. The van der Waals surface area contributed by atoms with E-state index in [-0.39, 0.29) is 5.91 Å². The highest BCUT2D eigenvalue weighted by Crippen LogP contribution is 2.26. The third kappa shape index (κ3) is 3.56. The van der Waals surface area contributed by atoms with Crippen molar-refractivity contribution in [2.75, 3.05) is 7.11 Å². The van der Waals surface area contributed by atoms with Gasteiger partial charge >= 0.3 is 0 Å².